The summed E-state index contributed by atoms with van der Waals surface area (Å²) in [5.74, 6) is -0.761. The highest BCUT2D eigenvalue weighted by atomic mass is 19.1. The van der Waals surface area contributed by atoms with E-state index in [0.29, 0.717) is 29.9 Å². The van der Waals surface area contributed by atoms with Gasteiger partial charge in [0.2, 0.25) is 11.8 Å². The maximum atomic E-state index is 13.5. The molecule has 2 aromatic rings. The normalized spacial score (nSPS) is 20.3. The molecule has 2 heterocycles. The topological polar surface area (TPSA) is 79.0 Å². The summed E-state index contributed by atoms with van der Waals surface area (Å²) < 4.78 is 19.0. The molecule has 2 aliphatic heterocycles. The third kappa shape index (κ3) is 4.99. The molecular formula is C25H28FN3O4. The third-order valence-corrected chi connectivity index (χ3v) is 6.05. The van der Waals surface area contributed by atoms with Gasteiger partial charge < -0.3 is 15.0 Å². The number of rotatable bonds is 6. The third-order valence-electron chi connectivity index (χ3n) is 6.05. The van der Waals surface area contributed by atoms with E-state index < -0.39 is 18.2 Å². The first kappa shape index (κ1) is 22.8. The molecular weight excluding hydrogens is 425 g/mol. The molecule has 2 saturated heterocycles. The van der Waals surface area contributed by atoms with Gasteiger partial charge in [-0.3, -0.25) is 14.5 Å². The zero-order valence-electron chi connectivity index (χ0n) is 18.8. The Balaban J connectivity index is 1.60. The summed E-state index contributed by atoms with van der Waals surface area (Å²) in [6.45, 7) is 5.07. The van der Waals surface area contributed by atoms with E-state index in [2.05, 4.69) is 5.32 Å². The number of likely N-dealkylation sites (tertiary alicyclic amines) is 1. The molecule has 0 radical (unpaired) electrons. The molecule has 4 rings (SSSR count). The maximum absolute atomic E-state index is 13.5. The van der Waals surface area contributed by atoms with Crippen molar-refractivity contribution in [1.82, 2.24) is 9.80 Å². The van der Waals surface area contributed by atoms with Gasteiger partial charge in [0, 0.05) is 24.7 Å². The molecule has 7 nitrogen and oxygen atoms in total. The number of halogens is 1. The Morgan fingerprint density at radius 2 is 1.70 bits per heavy atom. The SMILES string of the molecule is CC(C)C(=O)Nc1ccc([C@@H]2OC(=O)N(Cc3ccc(F)cc3)[C@@H]2C(=O)N2CCCC2)cc1. The maximum Gasteiger partial charge on any atom is 0.411 e. The van der Waals surface area contributed by atoms with E-state index in [9.17, 15) is 18.8 Å². The van der Waals surface area contributed by atoms with Crippen molar-refractivity contribution in [3.05, 3.63) is 65.5 Å². The highest BCUT2D eigenvalue weighted by molar-refractivity contribution is 5.92. The lowest BCUT2D eigenvalue weighted by molar-refractivity contribution is -0.135. The number of anilines is 1. The van der Waals surface area contributed by atoms with E-state index in [4.69, 9.17) is 4.74 Å². The van der Waals surface area contributed by atoms with Gasteiger partial charge in [-0.1, -0.05) is 38.1 Å². The molecule has 174 valence electrons. The molecule has 0 aliphatic carbocycles. The van der Waals surface area contributed by atoms with Crippen molar-refractivity contribution < 1.29 is 23.5 Å². The minimum Gasteiger partial charge on any atom is -0.438 e. The summed E-state index contributed by atoms with van der Waals surface area (Å²) in [5, 5.41) is 2.83. The molecule has 0 unspecified atom stereocenters. The van der Waals surface area contributed by atoms with Crippen molar-refractivity contribution in [3.63, 3.8) is 0 Å². The Hall–Kier alpha value is -3.42. The molecule has 0 saturated carbocycles. The summed E-state index contributed by atoms with van der Waals surface area (Å²) in [6, 6.07) is 12.0. The van der Waals surface area contributed by atoms with Crippen molar-refractivity contribution >= 4 is 23.6 Å². The average molecular weight is 454 g/mol. The van der Waals surface area contributed by atoms with Gasteiger partial charge in [0.15, 0.2) is 12.1 Å². The highest BCUT2D eigenvalue weighted by Gasteiger charge is 2.48. The van der Waals surface area contributed by atoms with Gasteiger partial charge >= 0.3 is 6.09 Å². The lowest BCUT2D eigenvalue weighted by Gasteiger charge is -2.28. The van der Waals surface area contributed by atoms with Crippen LogP contribution in [0.4, 0.5) is 14.9 Å². The Morgan fingerprint density at radius 1 is 1.06 bits per heavy atom. The van der Waals surface area contributed by atoms with Crippen molar-refractivity contribution in [2.75, 3.05) is 18.4 Å². The molecule has 2 atom stereocenters. The smallest absolute Gasteiger partial charge is 0.411 e. The molecule has 8 heteroatoms. The largest absolute Gasteiger partial charge is 0.438 e. The number of carbonyl (C=O) groups excluding carboxylic acids is 3. The predicted molar refractivity (Wildman–Crippen MR) is 121 cm³/mol. The molecule has 0 aromatic heterocycles. The van der Waals surface area contributed by atoms with E-state index in [1.165, 1.54) is 17.0 Å². The zero-order chi connectivity index (χ0) is 23.5. The molecule has 0 spiro atoms. The van der Waals surface area contributed by atoms with Crippen LogP contribution in [-0.4, -0.2) is 46.8 Å². The molecule has 2 aliphatic rings. The minimum atomic E-state index is -0.822. The van der Waals surface area contributed by atoms with Gasteiger partial charge in [-0.25, -0.2) is 9.18 Å². The average Bonchev–Trinajstić information content (AvgIpc) is 3.44. The number of hydrogen-bond donors (Lipinski definition) is 1. The Kier molecular flexibility index (Phi) is 6.62. The fourth-order valence-corrected chi connectivity index (χ4v) is 4.15. The van der Waals surface area contributed by atoms with Crippen LogP contribution in [0.3, 0.4) is 0 Å². The van der Waals surface area contributed by atoms with Crippen LogP contribution in [0, 0.1) is 11.7 Å². The number of carbonyl (C=O) groups is 3. The Labute approximate surface area is 192 Å². The standard InChI is InChI=1S/C25H28FN3O4/c1-16(2)23(30)27-20-11-7-18(8-12-20)22-21(24(31)28-13-3-4-14-28)29(25(32)33-22)15-17-5-9-19(26)10-6-17/h5-12,16,21-22H,3-4,13-15H2,1-2H3,(H,27,30)/t21-,22-/m0/s1. The first-order chi connectivity index (χ1) is 15.8. The summed E-state index contributed by atoms with van der Waals surface area (Å²) in [6.07, 6.45) is 0.500. The van der Waals surface area contributed by atoms with Crippen LogP contribution in [0.2, 0.25) is 0 Å². The highest BCUT2D eigenvalue weighted by Crippen LogP contribution is 2.36. The Bertz CT molecular complexity index is 1020. The van der Waals surface area contributed by atoms with Crippen LogP contribution < -0.4 is 5.32 Å². The minimum absolute atomic E-state index is 0.0948. The molecule has 1 N–H and O–H groups in total. The number of ether oxygens (including phenoxy) is 1. The molecule has 2 fully saturated rings. The first-order valence-electron chi connectivity index (χ1n) is 11.2. The summed E-state index contributed by atoms with van der Waals surface area (Å²) >= 11 is 0. The zero-order valence-corrected chi connectivity index (χ0v) is 18.8. The summed E-state index contributed by atoms with van der Waals surface area (Å²) in [7, 11) is 0. The number of hydrogen-bond acceptors (Lipinski definition) is 4. The van der Waals surface area contributed by atoms with Crippen molar-refractivity contribution in [1.29, 1.82) is 0 Å². The summed E-state index contributed by atoms with van der Waals surface area (Å²) in [5.41, 5.74) is 2.01. The van der Waals surface area contributed by atoms with E-state index in [1.54, 1.807) is 41.3 Å². The van der Waals surface area contributed by atoms with Crippen LogP contribution >= 0.6 is 0 Å². The van der Waals surface area contributed by atoms with Gasteiger partial charge in [-0.2, -0.15) is 0 Å². The molecule has 2 aromatic carbocycles. The quantitative estimate of drug-likeness (QED) is 0.714. The van der Waals surface area contributed by atoms with Crippen LogP contribution in [-0.2, 0) is 20.9 Å². The monoisotopic (exact) mass is 453 g/mol. The predicted octanol–water partition coefficient (Wildman–Crippen LogP) is 4.10. The lowest BCUT2D eigenvalue weighted by Crippen LogP contribution is -2.47. The van der Waals surface area contributed by atoms with Crippen LogP contribution in [0.5, 0.6) is 0 Å². The summed E-state index contributed by atoms with van der Waals surface area (Å²) in [4.78, 5) is 41.5. The van der Waals surface area contributed by atoms with Gasteiger partial charge in [-0.05, 0) is 48.2 Å². The van der Waals surface area contributed by atoms with E-state index in [1.807, 2.05) is 13.8 Å². The number of nitrogens with one attached hydrogen (secondary N) is 1. The van der Waals surface area contributed by atoms with Crippen molar-refractivity contribution in [3.8, 4) is 0 Å². The molecule has 3 amide bonds. The second-order valence-electron chi connectivity index (χ2n) is 8.80. The van der Waals surface area contributed by atoms with Crippen LogP contribution in [0.1, 0.15) is 43.9 Å². The van der Waals surface area contributed by atoms with Gasteiger partial charge in [0.25, 0.3) is 0 Å². The lowest BCUT2D eigenvalue weighted by atomic mass is 9.99. The number of cyclic esters (lactones) is 1. The van der Waals surface area contributed by atoms with E-state index >= 15 is 0 Å². The fraction of sp³-hybridized carbons (Fsp3) is 0.400. The molecule has 0 bridgehead atoms. The van der Waals surface area contributed by atoms with Crippen molar-refractivity contribution in [2.24, 2.45) is 5.92 Å². The second kappa shape index (κ2) is 9.60. The van der Waals surface area contributed by atoms with E-state index in [0.717, 1.165) is 12.8 Å². The van der Waals surface area contributed by atoms with Crippen LogP contribution in [0.15, 0.2) is 48.5 Å². The van der Waals surface area contributed by atoms with Crippen LogP contribution in [0.25, 0.3) is 0 Å². The first-order valence-corrected chi connectivity index (χ1v) is 11.2. The number of amides is 3. The van der Waals surface area contributed by atoms with E-state index in [-0.39, 0.29) is 30.1 Å². The Morgan fingerprint density at radius 3 is 2.30 bits per heavy atom. The van der Waals surface area contributed by atoms with Gasteiger partial charge in [-0.15, -0.1) is 0 Å². The van der Waals surface area contributed by atoms with Gasteiger partial charge in [0.1, 0.15) is 5.82 Å². The molecule has 33 heavy (non-hydrogen) atoms. The number of nitrogens with zero attached hydrogens (tertiary/aromatic N) is 2. The fourth-order valence-electron chi connectivity index (χ4n) is 4.15. The number of benzene rings is 2. The second-order valence-corrected chi connectivity index (χ2v) is 8.80. The van der Waals surface area contributed by atoms with Gasteiger partial charge in [0.05, 0.1) is 6.54 Å². The van der Waals surface area contributed by atoms with Crippen molar-refractivity contribution in [2.45, 2.75) is 45.4 Å².